The number of anilines is 1. The molecule has 0 spiro atoms. The van der Waals surface area contributed by atoms with Crippen molar-refractivity contribution in [3.05, 3.63) is 64.6 Å². The number of nitrogens with one attached hydrogen (secondary N) is 1. The number of rotatable bonds is 3. The Labute approximate surface area is 150 Å². The highest BCUT2D eigenvalue weighted by molar-refractivity contribution is 9.10. The Balaban J connectivity index is 1.86. The molecule has 124 valence electrons. The lowest BCUT2D eigenvalue weighted by molar-refractivity contribution is -0.140. The normalized spacial score (nSPS) is 20.8. The van der Waals surface area contributed by atoms with Crippen LogP contribution in [-0.4, -0.2) is 23.8 Å². The second kappa shape index (κ2) is 7.18. The molecule has 0 saturated carbocycles. The number of carbonyl (C=O) groups is 2. The van der Waals surface area contributed by atoms with Crippen molar-refractivity contribution in [1.82, 2.24) is 4.90 Å². The van der Waals surface area contributed by atoms with Gasteiger partial charge in [-0.15, -0.1) is 0 Å². The van der Waals surface area contributed by atoms with E-state index in [1.165, 1.54) is 0 Å². The summed E-state index contributed by atoms with van der Waals surface area (Å²) in [7, 11) is 1.78. The van der Waals surface area contributed by atoms with Gasteiger partial charge in [-0.1, -0.05) is 52.3 Å². The summed E-state index contributed by atoms with van der Waals surface area (Å²) in [5.41, 5.74) is 1.74. The summed E-state index contributed by atoms with van der Waals surface area (Å²) in [6.07, 6.45) is 0.957. The fraction of sp³-hybridized carbons (Fsp3) is 0.263. The van der Waals surface area contributed by atoms with E-state index in [1.54, 1.807) is 11.9 Å². The maximum Gasteiger partial charge on any atom is 0.229 e. The van der Waals surface area contributed by atoms with Gasteiger partial charge >= 0.3 is 0 Å². The lowest BCUT2D eigenvalue weighted by atomic mass is 9.84. The predicted octanol–water partition coefficient (Wildman–Crippen LogP) is 4.00. The van der Waals surface area contributed by atoms with E-state index in [9.17, 15) is 9.59 Å². The van der Waals surface area contributed by atoms with E-state index in [0.29, 0.717) is 12.8 Å². The number of halogens is 1. The summed E-state index contributed by atoms with van der Waals surface area (Å²) in [4.78, 5) is 26.7. The fourth-order valence-electron chi connectivity index (χ4n) is 3.22. The van der Waals surface area contributed by atoms with Gasteiger partial charge in [-0.2, -0.15) is 0 Å². The minimum Gasteiger partial charge on any atom is -0.338 e. The third-order valence-corrected chi connectivity index (χ3v) is 4.92. The molecule has 1 heterocycles. The van der Waals surface area contributed by atoms with E-state index in [2.05, 4.69) is 21.2 Å². The molecule has 0 radical (unpaired) electrons. The largest absolute Gasteiger partial charge is 0.338 e. The molecule has 0 aromatic heterocycles. The Morgan fingerprint density at radius 1 is 1.17 bits per heavy atom. The first-order chi connectivity index (χ1) is 11.6. The average Bonchev–Trinajstić information content (AvgIpc) is 2.58. The zero-order valence-electron chi connectivity index (χ0n) is 13.4. The van der Waals surface area contributed by atoms with Gasteiger partial charge in [0.2, 0.25) is 11.8 Å². The van der Waals surface area contributed by atoms with Gasteiger partial charge in [0, 0.05) is 23.6 Å². The van der Waals surface area contributed by atoms with Crippen LogP contribution in [0.25, 0.3) is 0 Å². The van der Waals surface area contributed by atoms with Crippen LogP contribution >= 0.6 is 15.9 Å². The number of likely N-dealkylation sites (tertiary alicyclic amines) is 1. The Kier molecular flexibility index (Phi) is 5.00. The maximum absolute atomic E-state index is 12.9. The number of carbonyl (C=O) groups excluding carboxylic acids is 2. The minimum atomic E-state index is -0.269. The molecule has 5 heteroatoms. The van der Waals surface area contributed by atoms with Gasteiger partial charge in [0.15, 0.2) is 0 Å². The van der Waals surface area contributed by atoms with Crippen molar-refractivity contribution in [1.29, 1.82) is 0 Å². The molecule has 1 N–H and O–H groups in total. The summed E-state index contributed by atoms with van der Waals surface area (Å²) in [6, 6.07) is 17.0. The highest BCUT2D eigenvalue weighted by atomic mass is 79.9. The first-order valence-corrected chi connectivity index (χ1v) is 8.72. The minimum absolute atomic E-state index is 0.0543. The third kappa shape index (κ3) is 3.51. The zero-order valence-corrected chi connectivity index (χ0v) is 15.0. The maximum atomic E-state index is 12.9. The lowest BCUT2D eigenvalue weighted by Gasteiger charge is -2.38. The molecule has 1 aliphatic heterocycles. The van der Waals surface area contributed by atoms with Crippen LogP contribution in [-0.2, 0) is 9.59 Å². The summed E-state index contributed by atoms with van der Waals surface area (Å²) in [5, 5.41) is 2.98. The summed E-state index contributed by atoms with van der Waals surface area (Å²) in [5.74, 6) is -0.245. The molecule has 1 fully saturated rings. The van der Waals surface area contributed by atoms with Crippen molar-refractivity contribution < 1.29 is 9.59 Å². The highest BCUT2D eigenvalue weighted by Gasteiger charge is 2.38. The molecule has 0 unspecified atom stereocenters. The van der Waals surface area contributed by atoms with E-state index in [-0.39, 0.29) is 23.8 Å². The number of amides is 2. The molecule has 2 amide bonds. The van der Waals surface area contributed by atoms with Gasteiger partial charge in [-0.25, -0.2) is 0 Å². The Morgan fingerprint density at radius 2 is 1.92 bits per heavy atom. The Bertz CT molecular complexity index is 748. The topological polar surface area (TPSA) is 49.4 Å². The predicted molar refractivity (Wildman–Crippen MR) is 97.4 cm³/mol. The Morgan fingerprint density at radius 3 is 2.62 bits per heavy atom. The van der Waals surface area contributed by atoms with Crippen molar-refractivity contribution in [3.8, 4) is 0 Å². The van der Waals surface area contributed by atoms with Crippen LogP contribution in [0.2, 0.25) is 0 Å². The van der Waals surface area contributed by atoms with Crippen LogP contribution in [0.4, 0.5) is 5.69 Å². The van der Waals surface area contributed by atoms with Crippen LogP contribution < -0.4 is 5.32 Å². The molecule has 2 aromatic rings. The summed E-state index contributed by atoms with van der Waals surface area (Å²) in [6.45, 7) is 0. The standard InChI is InChI=1S/C19H19BrN2O2/c1-22-17(23)11-10-16(18(22)13-6-3-2-4-7-13)19(24)21-15-9-5-8-14(20)12-15/h2-9,12,16,18H,10-11H2,1H3,(H,21,24)/t16-,18-/m1/s1. The van der Waals surface area contributed by atoms with Gasteiger partial charge in [0.25, 0.3) is 0 Å². The van der Waals surface area contributed by atoms with Gasteiger partial charge in [-0.05, 0) is 30.2 Å². The molecular formula is C19H19BrN2O2. The molecule has 0 bridgehead atoms. The first kappa shape index (κ1) is 16.7. The molecule has 2 aromatic carbocycles. The molecule has 3 rings (SSSR count). The molecule has 24 heavy (non-hydrogen) atoms. The Hall–Kier alpha value is -2.14. The molecule has 1 aliphatic rings. The summed E-state index contributed by atoms with van der Waals surface area (Å²) < 4.78 is 0.913. The van der Waals surface area contributed by atoms with Crippen LogP contribution in [0.1, 0.15) is 24.4 Å². The van der Waals surface area contributed by atoms with Crippen LogP contribution in [0.3, 0.4) is 0 Å². The SMILES string of the molecule is CN1C(=O)CC[C@@H](C(=O)Nc2cccc(Br)c2)[C@H]1c1ccccc1. The second-order valence-corrected chi connectivity index (χ2v) is 6.92. The molecule has 4 nitrogen and oxygen atoms in total. The van der Waals surface area contributed by atoms with E-state index in [0.717, 1.165) is 15.7 Å². The van der Waals surface area contributed by atoms with Gasteiger partial charge in [0.05, 0.1) is 12.0 Å². The van der Waals surface area contributed by atoms with Crippen molar-refractivity contribution in [2.75, 3.05) is 12.4 Å². The number of nitrogens with zero attached hydrogens (tertiary/aromatic N) is 1. The van der Waals surface area contributed by atoms with E-state index in [4.69, 9.17) is 0 Å². The number of hydrogen-bond donors (Lipinski definition) is 1. The number of piperidine rings is 1. The molecule has 1 saturated heterocycles. The lowest BCUT2D eigenvalue weighted by Crippen LogP contribution is -2.44. The van der Waals surface area contributed by atoms with E-state index < -0.39 is 0 Å². The molecule has 2 atom stereocenters. The van der Waals surface area contributed by atoms with Gasteiger partial charge in [0.1, 0.15) is 0 Å². The van der Waals surface area contributed by atoms with Crippen molar-refractivity contribution in [2.24, 2.45) is 5.92 Å². The van der Waals surface area contributed by atoms with E-state index in [1.807, 2.05) is 54.6 Å². The summed E-state index contributed by atoms with van der Waals surface area (Å²) >= 11 is 3.41. The molecular weight excluding hydrogens is 368 g/mol. The second-order valence-electron chi connectivity index (χ2n) is 6.00. The quantitative estimate of drug-likeness (QED) is 0.866. The number of benzene rings is 2. The van der Waals surface area contributed by atoms with Crippen LogP contribution in [0, 0.1) is 5.92 Å². The smallest absolute Gasteiger partial charge is 0.229 e. The van der Waals surface area contributed by atoms with Crippen molar-refractivity contribution >= 4 is 33.4 Å². The van der Waals surface area contributed by atoms with Gasteiger partial charge < -0.3 is 10.2 Å². The van der Waals surface area contributed by atoms with Crippen molar-refractivity contribution in [3.63, 3.8) is 0 Å². The fourth-order valence-corrected chi connectivity index (χ4v) is 3.62. The number of hydrogen-bond acceptors (Lipinski definition) is 2. The zero-order chi connectivity index (χ0) is 17.1. The van der Waals surface area contributed by atoms with Crippen molar-refractivity contribution in [2.45, 2.75) is 18.9 Å². The van der Waals surface area contributed by atoms with Gasteiger partial charge in [-0.3, -0.25) is 9.59 Å². The average molecular weight is 387 g/mol. The van der Waals surface area contributed by atoms with Crippen LogP contribution in [0.15, 0.2) is 59.1 Å². The van der Waals surface area contributed by atoms with Crippen LogP contribution in [0.5, 0.6) is 0 Å². The third-order valence-electron chi connectivity index (χ3n) is 4.43. The van der Waals surface area contributed by atoms with E-state index >= 15 is 0 Å². The highest BCUT2D eigenvalue weighted by Crippen LogP contribution is 2.36. The molecule has 0 aliphatic carbocycles. The first-order valence-electron chi connectivity index (χ1n) is 7.93. The monoisotopic (exact) mass is 386 g/mol.